The summed E-state index contributed by atoms with van der Waals surface area (Å²) < 4.78 is 12.0. The molecule has 0 amide bonds. The minimum Gasteiger partial charge on any atom is -0.375 e. The van der Waals surface area contributed by atoms with Crippen molar-refractivity contribution in [3.63, 3.8) is 0 Å². The second-order valence-electron chi connectivity index (χ2n) is 7.56. The van der Waals surface area contributed by atoms with Gasteiger partial charge in [-0.2, -0.15) is 0 Å². The van der Waals surface area contributed by atoms with Gasteiger partial charge in [0.2, 0.25) is 0 Å². The molecule has 2 fully saturated rings. The fraction of sp³-hybridized carbons (Fsp3) is 0.524. The topological polar surface area (TPSA) is 47.5 Å². The summed E-state index contributed by atoms with van der Waals surface area (Å²) in [5.74, 6) is 0.702. The smallest absolute Gasteiger partial charge is 0.0937 e. The molecular weight excluding hydrogens is 326 g/mol. The maximum absolute atomic E-state index is 6.17. The van der Waals surface area contributed by atoms with E-state index in [1.165, 1.54) is 5.56 Å². The van der Waals surface area contributed by atoms with Crippen LogP contribution in [0, 0.1) is 5.92 Å². The van der Waals surface area contributed by atoms with Crippen molar-refractivity contribution in [3.8, 4) is 0 Å². The van der Waals surface area contributed by atoms with Crippen LogP contribution in [0.15, 0.2) is 48.9 Å². The van der Waals surface area contributed by atoms with E-state index in [2.05, 4.69) is 20.9 Å². The molecule has 0 unspecified atom stereocenters. The van der Waals surface area contributed by atoms with Crippen LogP contribution in [0.2, 0.25) is 0 Å². The molecule has 5 nitrogen and oxygen atoms in total. The molecule has 0 radical (unpaired) electrons. The van der Waals surface area contributed by atoms with E-state index in [4.69, 9.17) is 9.47 Å². The van der Waals surface area contributed by atoms with Crippen molar-refractivity contribution >= 4 is 0 Å². The van der Waals surface area contributed by atoms with E-state index in [0.717, 1.165) is 57.8 Å². The van der Waals surface area contributed by atoms with Crippen LogP contribution in [-0.2, 0) is 22.6 Å². The maximum Gasteiger partial charge on any atom is 0.0937 e. The lowest BCUT2D eigenvalue weighted by molar-refractivity contribution is -0.182. The Kier molecular flexibility index (Phi) is 5.58. The highest BCUT2D eigenvalue weighted by molar-refractivity contribution is 5.11. The molecule has 4 rings (SSSR count). The van der Waals surface area contributed by atoms with Crippen LogP contribution in [0.4, 0.5) is 0 Å². The zero-order valence-corrected chi connectivity index (χ0v) is 15.2. The number of hydrogen-bond donors (Lipinski definition) is 0. The normalized spacial score (nSPS) is 22.2. The third kappa shape index (κ3) is 4.47. The van der Waals surface area contributed by atoms with Gasteiger partial charge in [-0.25, -0.2) is 0 Å². The first-order valence-electron chi connectivity index (χ1n) is 9.54. The van der Waals surface area contributed by atoms with Crippen LogP contribution >= 0.6 is 0 Å². The number of aromatic nitrogens is 2. The van der Waals surface area contributed by atoms with E-state index in [1.54, 1.807) is 0 Å². The zero-order valence-electron chi connectivity index (χ0n) is 15.2. The summed E-state index contributed by atoms with van der Waals surface area (Å²) in [6.07, 6.45) is 9.01. The molecule has 2 aliphatic heterocycles. The fourth-order valence-electron chi connectivity index (χ4n) is 4.14. The van der Waals surface area contributed by atoms with E-state index in [-0.39, 0.29) is 5.60 Å². The second-order valence-corrected chi connectivity index (χ2v) is 7.56. The summed E-state index contributed by atoms with van der Waals surface area (Å²) in [5, 5.41) is 0. The monoisotopic (exact) mass is 353 g/mol. The fourth-order valence-corrected chi connectivity index (χ4v) is 4.14. The zero-order chi connectivity index (χ0) is 17.7. The molecule has 0 aliphatic carbocycles. The molecule has 5 heteroatoms. The molecule has 2 aromatic rings. The largest absolute Gasteiger partial charge is 0.375 e. The van der Waals surface area contributed by atoms with Gasteiger partial charge in [-0.1, -0.05) is 12.1 Å². The predicted molar refractivity (Wildman–Crippen MR) is 99.4 cm³/mol. The number of likely N-dealkylation sites (tertiary alicyclic amines) is 1. The molecule has 26 heavy (non-hydrogen) atoms. The lowest BCUT2D eigenvalue weighted by atomic mass is 9.79. The van der Waals surface area contributed by atoms with Crippen molar-refractivity contribution in [1.29, 1.82) is 0 Å². The molecule has 0 saturated carbocycles. The van der Waals surface area contributed by atoms with Gasteiger partial charge in [0, 0.05) is 51.4 Å². The SMILES string of the molecule is c1ccc(COCC[C@H]2CCOC3(C2)CN(Cc2cccnc2)C3)nc1. The third-order valence-corrected chi connectivity index (χ3v) is 5.39. The molecule has 1 atom stereocenters. The van der Waals surface area contributed by atoms with Crippen LogP contribution < -0.4 is 0 Å². The molecule has 138 valence electrons. The van der Waals surface area contributed by atoms with E-state index >= 15 is 0 Å². The van der Waals surface area contributed by atoms with Gasteiger partial charge in [-0.05, 0) is 48.9 Å². The van der Waals surface area contributed by atoms with E-state index in [9.17, 15) is 0 Å². The lowest BCUT2D eigenvalue weighted by Gasteiger charge is -2.53. The van der Waals surface area contributed by atoms with Crippen molar-refractivity contribution in [3.05, 3.63) is 60.2 Å². The number of nitrogens with zero attached hydrogens (tertiary/aromatic N) is 3. The van der Waals surface area contributed by atoms with Crippen molar-refractivity contribution in [1.82, 2.24) is 14.9 Å². The van der Waals surface area contributed by atoms with Gasteiger partial charge >= 0.3 is 0 Å². The molecule has 0 bridgehead atoms. The third-order valence-electron chi connectivity index (χ3n) is 5.39. The van der Waals surface area contributed by atoms with Gasteiger partial charge in [-0.15, -0.1) is 0 Å². The minimum atomic E-state index is 0.0755. The van der Waals surface area contributed by atoms with Crippen LogP contribution in [0.1, 0.15) is 30.5 Å². The van der Waals surface area contributed by atoms with Crippen LogP contribution in [0.3, 0.4) is 0 Å². The standard InChI is InChI=1S/C21H27N3O2/c1-2-9-23-20(5-1)15-25-10-6-18-7-11-26-21(12-18)16-24(17-21)14-19-4-3-8-22-13-19/h1-5,8-9,13,18H,6-7,10-12,14-17H2/t18-/m0/s1. The maximum atomic E-state index is 6.17. The average molecular weight is 353 g/mol. The van der Waals surface area contributed by atoms with Crippen LogP contribution in [0.5, 0.6) is 0 Å². The Balaban J connectivity index is 1.18. The molecule has 0 N–H and O–H groups in total. The van der Waals surface area contributed by atoms with Crippen molar-refractivity contribution in [2.24, 2.45) is 5.92 Å². The Morgan fingerprint density at radius 2 is 2.15 bits per heavy atom. The Bertz CT molecular complexity index is 674. The Labute approximate surface area is 155 Å². The van der Waals surface area contributed by atoms with Gasteiger partial charge in [0.1, 0.15) is 0 Å². The Morgan fingerprint density at radius 1 is 1.19 bits per heavy atom. The van der Waals surface area contributed by atoms with Gasteiger partial charge in [0.15, 0.2) is 0 Å². The van der Waals surface area contributed by atoms with E-state index < -0.39 is 0 Å². The number of pyridine rings is 2. The van der Waals surface area contributed by atoms with Crippen molar-refractivity contribution < 1.29 is 9.47 Å². The molecule has 4 heterocycles. The summed E-state index contributed by atoms with van der Waals surface area (Å²) in [4.78, 5) is 11.0. The number of hydrogen-bond acceptors (Lipinski definition) is 5. The van der Waals surface area contributed by atoms with Crippen LogP contribution in [0.25, 0.3) is 0 Å². The molecule has 2 saturated heterocycles. The quantitative estimate of drug-likeness (QED) is 0.716. The minimum absolute atomic E-state index is 0.0755. The molecule has 1 spiro atoms. The first-order chi connectivity index (χ1) is 12.8. The molecule has 0 aromatic carbocycles. The average Bonchev–Trinajstić information content (AvgIpc) is 2.66. The summed E-state index contributed by atoms with van der Waals surface area (Å²) in [5.41, 5.74) is 2.35. The van der Waals surface area contributed by atoms with Crippen molar-refractivity contribution in [2.45, 2.75) is 38.0 Å². The first kappa shape index (κ1) is 17.6. The van der Waals surface area contributed by atoms with E-state index in [0.29, 0.717) is 12.5 Å². The molecule has 2 aliphatic rings. The van der Waals surface area contributed by atoms with Gasteiger partial charge < -0.3 is 9.47 Å². The Morgan fingerprint density at radius 3 is 2.96 bits per heavy atom. The van der Waals surface area contributed by atoms with Crippen molar-refractivity contribution in [2.75, 3.05) is 26.3 Å². The van der Waals surface area contributed by atoms with E-state index in [1.807, 2.05) is 42.9 Å². The number of rotatable bonds is 7. The number of ether oxygens (including phenoxy) is 2. The Hall–Kier alpha value is -1.82. The lowest BCUT2D eigenvalue weighted by Crippen LogP contribution is -2.64. The molecular formula is C21H27N3O2. The highest BCUT2D eigenvalue weighted by Gasteiger charge is 2.47. The predicted octanol–water partition coefficient (Wildman–Crippen LogP) is 3.06. The second kappa shape index (κ2) is 8.25. The highest BCUT2D eigenvalue weighted by atomic mass is 16.5. The van der Waals surface area contributed by atoms with Crippen LogP contribution in [-0.4, -0.2) is 46.8 Å². The van der Waals surface area contributed by atoms with Gasteiger partial charge in [0.25, 0.3) is 0 Å². The first-order valence-corrected chi connectivity index (χ1v) is 9.54. The summed E-state index contributed by atoms with van der Waals surface area (Å²) >= 11 is 0. The summed E-state index contributed by atoms with van der Waals surface area (Å²) in [6, 6.07) is 10.1. The highest BCUT2D eigenvalue weighted by Crippen LogP contribution is 2.38. The van der Waals surface area contributed by atoms with Gasteiger partial charge in [0.05, 0.1) is 17.9 Å². The summed E-state index contributed by atoms with van der Waals surface area (Å²) in [7, 11) is 0. The molecule has 2 aromatic heterocycles. The van der Waals surface area contributed by atoms with Gasteiger partial charge in [-0.3, -0.25) is 14.9 Å². The summed E-state index contributed by atoms with van der Waals surface area (Å²) in [6.45, 7) is 5.33.